The molecule has 12 heavy (non-hydrogen) atoms. The van der Waals surface area contributed by atoms with Crippen LogP contribution in [0.3, 0.4) is 0 Å². The molecule has 1 aromatic carbocycles. The number of benzene rings is 1. The zero-order valence-corrected chi connectivity index (χ0v) is 9.16. The number of hydrogen-bond acceptors (Lipinski definition) is 2. The average molecular weight is 270 g/mol. The molecule has 0 saturated heterocycles. The van der Waals surface area contributed by atoms with Gasteiger partial charge in [0.25, 0.3) is 0 Å². The number of alkyl halides is 1. The van der Waals surface area contributed by atoms with Gasteiger partial charge in [-0.05, 0) is 28.1 Å². The molecule has 0 atom stereocenters. The summed E-state index contributed by atoms with van der Waals surface area (Å²) < 4.78 is 23.1. The minimum atomic E-state index is -3.31. The van der Waals surface area contributed by atoms with Crippen molar-refractivity contribution in [3.8, 4) is 0 Å². The van der Waals surface area contributed by atoms with Gasteiger partial charge in [-0.15, -0.1) is 11.6 Å². The average Bonchev–Trinajstić information content (AvgIpc) is 2.05. The van der Waals surface area contributed by atoms with Crippen LogP contribution in [0.4, 0.5) is 0 Å². The van der Waals surface area contributed by atoms with E-state index < -0.39 is 15.0 Å². The van der Waals surface area contributed by atoms with Crippen LogP contribution in [-0.4, -0.2) is 13.6 Å². The lowest BCUT2D eigenvalue weighted by Crippen LogP contribution is -2.02. The first-order chi connectivity index (χ1) is 5.58. The van der Waals surface area contributed by atoms with Gasteiger partial charge in [0.05, 0.1) is 4.90 Å². The predicted molar refractivity (Wildman–Crippen MR) is 52.0 cm³/mol. The van der Waals surface area contributed by atoms with Crippen molar-refractivity contribution in [1.29, 1.82) is 0 Å². The van der Waals surface area contributed by atoms with Crippen molar-refractivity contribution in [3.63, 3.8) is 0 Å². The Morgan fingerprint density at radius 1 is 1.33 bits per heavy atom. The molecule has 2 nitrogen and oxygen atoms in total. The van der Waals surface area contributed by atoms with Crippen LogP contribution in [0, 0.1) is 0 Å². The van der Waals surface area contributed by atoms with E-state index in [0.29, 0.717) is 4.47 Å². The van der Waals surface area contributed by atoms with Crippen molar-refractivity contribution in [2.24, 2.45) is 0 Å². The van der Waals surface area contributed by atoms with E-state index >= 15 is 0 Å². The summed E-state index contributed by atoms with van der Waals surface area (Å²) >= 11 is 8.43. The van der Waals surface area contributed by atoms with E-state index in [4.69, 9.17) is 11.6 Å². The van der Waals surface area contributed by atoms with Crippen molar-refractivity contribution >= 4 is 37.4 Å². The largest absolute Gasteiger partial charge is 0.222 e. The van der Waals surface area contributed by atoms with Crippen LogP contribution in [0.1, 0.15) is 0 Å². The van der Waals surface area contributed by atoms with Crippen LogP contribution in [0.2, 0.25) is 0 Å². The van der Waals surface area contributed by atoms with Gasteiger partial charge in [-0.1, -0.05) is 12.1 Å². The van der Waals surface area contributed by atoms with Gasteiger partial charge in [-0.2, -0.15) is 0 Å². The fraction of sp³-hybridized carbons (Fsp3) is 0.143. The molecule has 5 heteroatoms. The Morgan fingerprint density at radius 3 is 2.42 bits per heavy atom. The van der Waals surface area contributed by atoms with Crippen LogP contribution in [-0.2, 0) is 9.84 Å². The van der Waals surface area contributed by atoms with Crippen molar-refractivity contribution in [3.05, 3.63) is 28.7 Å². The first-order valence-corrected chi connectivity index (χ1v) is 6.09. The lowest BCUT2D eigenvalue weighted by atomic mass is 10.4. The topological polar surface area (TPSA) is 34.1 Å². The highest BCUT2D eigenvalue weighted by molar-refractivity contribution is 9.10. The zero-order valence-electron chi connectivity index (χ0n) is 6.00. The maximum atomic E-state index is 11.3. The number of hydrogen-bond donors (Lipinski definition) is 0. The first kappa shape index (κ1) is 10.0. The normalized spacial score (nSPS) is 11.5. The van der Waals surface area contributed by atoms with E-state index in [2.05, 4.69) is 15.9 Å². The molecule has 0 aliphatic carbocycles. The van der Waals surface area contributed by atoms with Crippen molar-refractivity contribution in [2.75, 3.05) is 5.21 Å². The number of rotatable bonds is 2. The van der Waals surface area contributed by atoms with Gasteiger partial charge in [-0.25, -0.2) is 8.42 Å². The molecule has 0 heterocycles. The molecule has 0 fully saturated rings. The summed E-state index contributed by atoms with van der Waals surface area (Å²) in [6, 6.07) is 6.59. The fourth-order valence-electron chi connectivity index (χ4n) is 0.756. The molecule has 0 N–H and O–H groups in total. The van der Waals surface area contributed by atoms with Crippen molar-refractivity contribution in [2.45, 2.75) is 4.90 Å². The van der Waals surface area contributed by atoms with E-state index in [0.717, 1.165) is 0 Å². The third-order valence-corrected chi connectivity index (χ3v) is 4.44. The molecule has 0 spiro atoms. The van der Waals surface area contributed by atoms with Gasteiger partial charge in [-0.3, -0.25) is 0 Å². The van der Waals surface area contributed by atoms with E-state index in [1.54, 1.807) is 18.2 Å². The Balaban J connectivity index is 3.30. The summed E-state index contributed by atoms with van der Waals surface area (Å²) in [5.41, 5.74) is 0. The third-order valence-electron chi connectivity index (χ3n) is 1.32. The second kappa shape index (κ2) is 3.77. The highest BCUT2D eigenvalue weighted by Crippen LogP contribution is 2.22. The van der Waals surface area contributed by atoms with Crippen LogP contribution in [0.25, 0.3) is 0 Å². The van der Waals surface area contributed by atoms with Gasteiger partial charge >= 0.3 is 0 Å². The second-order valence-corrected chi connectivity index (χ2v) is 5.55. The lowest BCUT2D eigenvalue weighted by Gasteiger charge is -2.01. The Bertz CT molecular complexity index is 375. The van der Waals surface area contributed by atoms with E-state index in [1.807, 2.05) is 0 Å². The summed E-state index contributed by atoms with van der Waals surface area (Å²) in [7, 11) is -3.31. The van der Waals surface area contributed by atoms with Gasteiger partial charge < -0.3 is 0 Å². The molecule has 0 saturated carbocycles. The Labute approximate surface area is 84.6 Å². The van der Waals surface area contributed by atoms with Gasteiger partial charge in [0.1, 0.15) is 5.21 Å². The van der Waals surface area contributed by atoms with Crippen LogP contribution >= 0.6 is 27.5 Å². The summed E-state index contributed by atoms with van der Waals surface area (Å²) in [6.45, 7) is 0. The summed E-state index contributed by atoms with van der Waals surface area (Å²) in [4.78, 5) is 0.236. The minimum Gasteiger partial charge on any atom is -0.222 e. The smallest absolute Gasteiger partial charge is 0.193 e. The molecule has 1 aromatic rings. The number of sulfone groups is 1. The molecule has 1 rings (SSSR count). The third kappa shape index (κ3) is 2.00. The molecule has 0 aliphatic heterocycles. The van der Waals surface area contributed by atoms with Crippen molar-refractivity contribution in [1.82, 2.24) is 0 Å². The SMILES string of the molecule is O=S(=O)(CCl)c1ccccc1Br. The van der Waals surface area contributed by atoms with Crippen LogP contribution in [0.5, 0.6) is 0 Å². The first-order valence-electron chi connectivity index (χ1n) is 3.11. The maximum absolute atomic E-state index is 11.3. The standard InChI is InChI=1S/C7H6BrClO2S/c8-6-3-1-2-4-7(6)12(10,11)5-9/h1-4H,5H2. The van der Waals surface area contributed by atoms with Crippen molar-refractivity contribution < 1.29 is 8.42 Å². The zero-order chi connectivity index (χ0) is 9.19. The molecule has 0 bridgehead atoms. The Morgan fingerprint density at radius 2 is 1.92 bits per heavy atom. The molecule has 0 aliphatic rings. The molecule has 0 aromatic heterocycles. The predicted octanol–water partition coefficient (Wildman–Crippen LogP) is 2.42. The Kier molecular flexibility index (Phi) is 3.15. The molecule has 0 amide bonds. The molecule has 0 radical (unpaired) electrons. The van der Waals surface area contributed by atoms with E-state index in [9.17, 15) is 8.42 Å². The summed E-state index contributed by atoms with van der Waals surface area (Å²) in [6.07, 6.45) is 0. The molecular weight excluding hydrogens is 263 g/mol. The fourth-order valence-corrected chi connectivity index (χ4v) is 2.90. The van der Waals surface area contributed by atoms with Crippen LogP contribution in [0.15, 0.2) is 33.6 Å². The van der Waals surface area contributed by atoms with Crippen LogP contribution < -0.4 is 0 Å². The van der Waals surface area contributed by atoms with Gasteiger partial charge in [0.15, 0.2) is 9.84 Å². The van der Waals surface area contributed by atoms with E-state index in [-0.39, 0.29) is 4.90 Å². The van der Waals surface area contributed by atoms with Gasteiger partial charge in [0, 0.05) is 4.47 Å². The highest BCUT2D eigenvalue weighted by Gasteiger charge is 2.14. The quantitative estimate of drug-likeness (QED) is 0.773. The summed E-state index contributed by atoms with van der Waals surface area (Å²) in [5, 5.41) is -0.393. The van der Waals surface area contributed by atoms with E-state index in [1.165, 1.54) is 6.07 Å². The second-order valence-electron chi connectivity index (χ2n) is 2.15. The minimum absolute atomic E-state index is 0.236. The maximum Gasteiger partial charge on any atom is 0.193 e. The Hall–Kier alpha value is -0.0600. The molecule has 66 valence electrons. The lowest BCUT2D eigenvalue weighted by molar-refractivity contribution is 0.600. The van der Waals surface area contributed by atoms with Gasteiger partial charge in [0.2, 0.25) is 0 Å². The number of halogens is 2. The highest BCUT2D eigenvalue weighted by atomic mass is 79.9. The summed E-state index contributed by atoms with van der Waals surface area (Å²) in [5.74, 6) is 0. The molecular formula is C7H6BrClO2S. The monoisotopic (exact) mass is 268 g/mol. The molecule has 0 unspecified atom stereocenters.